The Balaban J connectivity index is 1.54. The molecule has 0 unspecified atom stereocenters. The van der Waals surface area contributed by atoms with Crippen LogP contribution in [0.5, 0.6) is 5.75 Å². The Bertz CT molecular complexity index is 1070. The summed E-state index contributed by atoms with van der Waals surface area (Å²) in [5.74, 6) is 0.897. The molecule has 0 aliphatic heterocycles. The zero-order valence-corrected chi connectivity index (χ0v) is 17.4. The fraction of sp³-hybridized carbons (Fsp3) is 0.182. The fourth-order valence-corrected chi connectivity index (χ4v) is 3.75. The third kappa shape index (κ3) is 6.05. The predicted molar refractivity (Wildman–Crippen MR) is 116 cm³/mol. The van der Waals surface area contributed by atoms with Gasteiger partial charge >= 0.3 is 0 Å². The minimum atomic E-state index is -3.75. The standard InChI is InChI=1S/C22H23N3O4S/c1-2-29-19-11-6-17(7-12-19)8-15-22(26)24-18-9-13-20(14-10-18)30(27,28)25-21-5-3-4-16-23-21/h3-7,9-14,16H,2,8,15H2,1H3,(H,23,25)(H,24,26). The first-order valence-electron chi connectivity index (χ1n) is 9.52. The number of rotatable bonds is 9. The number of hydrogen-bond acceptors (Lipinski definition) is 5. The molecule has 0 atom stereocenters. The molecule has 0 saturated carbocycles. The number of benzene rings is 2. The van der Waals surface area contributed by atoms with Crippen LogP contribution in [0.4, 0.5) is 11.5 Å². The van der Waals surface area contributed by atoms with Gasteiger partial charge in [-0.1, -0.05) is 18.2 Å². The summed E-state index contributed by atoms with van der Waals surface area (Å²) in [5.41, 5.74) is 1.57. The molecule has 3 rings (SSSR count). The van der Waals surface area contributed by atoms with E-state index in [2.05, 4.69) is 15.0 Å². The monoisotopic (exact) mass is 425 g/mol. The number of carbonyl (C=O) groups excluding carboxylic acids is 1. The molecular formula is C22H23N3O4S. The van der Waals surface area contributed by atoms with Crippen LogP contribution in [-0.4, -0.2) is 25.9 Å². The van der Waals surface area contributed by atoms with Crippen molar-refractivity contribution in [2.75, 3.05) is 16.6 Å². The molecule has 0 aliphatic rings. The largest absolute Gasteiger partial charge is 0.494 e. The second-order valence-corrected chi connectivity index (χ2v) is 8.15. The smallest absolute Gasteiger partial charge is 0.263 e. The first-order valence-corrected chi connectivity index (χ1v) is 11.0. The highest BCUT2D eigenvalue weighted by Gasteiger charge is 2.14. The third-order valence-corrected chi connectivity index (χ3v) is 5.60. The number of anilines is 2. The van der Waals surface area contributed by atoms with E-state index < -0.39 is 10.0 Å². The van der Waals surface area contributed by atoms with Gasteiger partial charge in [0.05, 0.1) is 11.5 Å². The van der Waals surface area contributed by atoms with E-state index in [9.17, 15) is 13.2 Å². The molecule has 0 radical (unpaired) electrons. The molecule has 1 heterocycles. The second-order valence-electron chi connectivity index (χ2n) is 6.47. The van der Waals surface area contributed by atoms with E-state index in [0.717, 1.165) is 11.3 Å². The molecule has 7 nitrogen and oxygen atoms in total. The average molecular weight is 426 g/mol. The number of nitrogens with one attached hydrogen (secondary N) is 2. The van der Waals surface area contributed by atoms with Crippen LogP contribution in [0.2, 0.25) is 0 Å². The number of sulfonamides is 1. The van der Waals surface area contributed by atoms with Crippen LogP contribution < -0.4 is 14.8 Å². The van der Waals surface area contributed by atoms with Crippen LogP contribution in [0.15, 0.2) is 77.8 Å². The summed E-state index contributed by atoms with van der Waals surface area (Å²) in [5, 5.41) is 2.78. The SMILES string of the molecule is CCOc1ccc(CCC(=O)Nc2ccc(S(=O)(=O)Nc3ccccn3)cc2)cc1. The van der Waals surface area contributed by atoms with Crippen LogP contribution in [0.3, 0.4) is 0 Å². The number of aromatic nitrogens is 1. The highest BCUT2D eigenvalue weighted by molar-refractivity contribution is 7.92. The lowest BCUT2D eigenvalue weighted by Gasteiger charge is -2.09. The Kier molecular flexibility index (Phi) is 7.03. The lowest BCUT2D eigenvalue weighted by atomic mass is 10.1. The Morgan fingerprint density at radius 1 is 1.00 bits per heavy atom. The summed E-state index contributed by atoms with van der Waals surface area (Å²) in [4.78, 5) is 16.2. The summed E-state index contributed by atoms with van der Waals surface area (Å²) in [6, 6.07) is 18.6. The number of carbonyl (C=O) groups is 1. The van der Waals surface area contributed by atoms with Crippen molar-refractivity contribution in [3.8, 4) is 5.75 Å². The van der Waals surface area contributed by atoms with Crippen molar-refractivity contribution < 1.29 is 17.9 Å². The number of nitrogens with zero attached hydrogens (tertiary/aromatic N) is 1. The topological polar surface area (TPSA) is 97.4 Å². The normalized spacial score (nSPS) is 11.0. The minimum absolute atomic E-state index is 0.0838. The molecule has 0 saturated heterocycles. The molecule has 30 heavy (non-hydrogen) atoms. The Morgan fingerprint density at radius 3 is 2.37 bits per heavy atom. The molecule has 3 aromatic rings. The molecule has 8 heteroatoms. The molecule has 0 bridgehead atoms. The molecule has 156 valence electrons. The van der Waals surface area contributed by atoms with Gasteiger partial charge in [-0.2, -0.15) is 0 Å². The average Bonchev–Trinajstić information content (AvgIpc) is 2.74. The van der Waals surface area contributed by atoms with E-state index in [1.165, 1.54) is 18.3 Å². The summed E-state index contributed by atoms with van der Waals surface area (Å²) in [6.45, 7) is 2.54. The van der Waals surface area contributed by atoms with Gasteiger partial charge in [0.15, 0.2) is 0 Å². The molecule has 1 aromatic heterocycles. The highest BCUT2D eigenvalue weighted by Crippen LogP contribution is 2.18. The van der Waals surface area contributed by atoms with Gasteiger partial charge in [0, 0.05) is 18.3 Å². The van der Waals surface area contributed by atoms with Crippen molar-refractivity contribution in [2.24, 2.45) is 0 Å². The lowest BCUT2D eigenvalue weighted by molar-refractivity contribution is -0.116. The van der Waals surface area contributed by atoms with E-state index in [1.54, 1.807) is 30.3 Å². The molecule has 2 aromatic carbocycles. The van der Waals surface area contributed by atoms with E-state index in [0.29, 0.717) is 25.1 Å². The molecule has 0 spiro atoms. The first-order chi connectivity index (χ1) is 14.5. The van der Waals surface area contributed by atoms with Crippen LogP contribution in [-0.2, 0) is 21.2 Å². The third-order valence-electron chi connectivity index (χ3n) is 4.23. The zero-order chi connectivity index (χ0) is 21.4. The number of aryl methyl sites for hydroxylation is 1. The Morgan fingerprint density at radius 2 is 1.73 bits per heavy atom. The predicted octanol–water partition coefficient (Wildman–Crippen LogP) is 3.85. The molecular weight excluding hydrogens is 402 g/mol. The van der Waals surface area contributed by atoms with Crippen LogP contribution >= 0.6 is 0 Å². The number of amides is 1. The second kappa shape index (κ2) is 9.89. The number of ether oxygens (including phenoxy) is 1. The van der Waals surface area contributed by atoms with Gasteiger partial charge in [0.1, 0.15) is 11.6 Å². The van der Waals surface area contributed by atoms with Gasteiger partial charge in [-0.15, -0.1) is 0 Å². The quantitative estimate of drug-likeness (QED) is 0.543. The highest BCUT2D eigenvalue weighted by atomic mass is 32.2. The van der Waals surface area contributed by atoms with E-state index in [-0.39, 0.29) is 16.6 Å². The maximum absolute atomic E-state index is 12.4. The van der Waals surface area contributed by atoms with Crippen LogP contribution in [0.25, 0.3) is 0 Å². The van der Waals surface area contributed by atoms with Crippen LogP contribution in [0.1, 0.15) is 18.9 Å². The Hall–Kier alpha value is -3.39. The van der Waals surface area contributed by atoms with Crippen molar-refractivity contribution >= 4 is 27.4 Å². The van der Waals surface area contributed by atoms with Crippen molar-refractivity contribution in [2.45, 2.75) is 24.7 Å². The van der Waals surface area contributed by atoms with E-state index in [1.807, 2.05) is 31.2 Å². The van der Waals surface area contributed by atoms with Gasteiger partial charge < -0.3 is 10.1 Å². The van der Waals surface area contributed by atoms with Crippen LogP contribution in [0, 0.1) is 0 Å². The van der Waals surface area contributed by atoms with E-state index in [4.69, 9.17) is 4.74 Å². The van der Waals surface area contributed by atoms with Gasteiger partial charge in [0.25, 0.3) is 10.0 Å². The maximum atomic E-state index is 12.4. The van der Waals surface area contributed by atoms with Crippen molar-refractivity contribution in [1.29, 1.82) is 0 Å². The van der Waals surface area contributed by atoms with Crippen molar-refractivity contribution in [3.63, 3.8) is 0 Å². The fourth-order valence-electron chi connectivity index (χ4n) is 2.74. The summed E-state index contributed by atoms with van der Waals surface area (Å²) >= 11 is 0. The van der Waals surface area contributed by atoms with Crippen molar-refractivity contribution in [3.05, 3.63) is 78.5 Å². The van der Waals surface area contributed by atoms with Crippen molar-refractivity contribution in [1.82, 2.24) is 4.98 Å². The zero-order valence-electron chi connectivity index (χ0n) is 16.5. The minimum Gasteiger partial charge on any atom is -0.494 e. The molecule has 1 amide bonds. The van der Waals surface area contributed by atoms with E-state index >= 15 is 0 Å². The maximum Gasteiger partial charge on any atom is 0.263 e. The molecule has 0 aliphatic carbocycles. The summed E-state index contributed by atoms with van der Waals surface area (Å²) in [7, 11) is -3.75. The molecule has 0 fully saturated rings. The number of hydrogen-bond donors (Lipinski definition) is 2. The Labute approximate surface area is 176 Å². The van der Waals surface area contributed by atoms with Gasteiger partial charge in [-0.25, -0.2) is 13.4 Å². The van der Waals surface area contributed by atoms with Gasteiger partial charge in [-0.3, -0.25) is 9.52 Å². The lowest BCUT2D eigenvalue weighted by Crippen LogP contribution is -2.15. The summed E-state index contributed by atoms with van der Waals surface area (Å²) in [6.07, 6.45) is 2.41. The number of pyridine rings is 1. The first kappa shape index (κ1) is 21.3. The molecule has 2 N–H and O–H groups in total. The van der Waals surface area contributed by atoms with Gasteiger partial charge in [-0.05, 0) is 67.4 Å². The van der Waals surface area contributed by atoms with Gasteiger partial charge in [0.2, 0.25) is 5.91 Å². The summed E-state index contributed by atoms with van der Waals surface area (Å²) < 4.78 is 32.6.